The van der Waals surface area contributed by atoms with Gasteiger partial charge in [0.2, 0.25) is 0 Å². The predicted octanol–water partition coefficient (Wildman–Crippen LogP) is 4.32. The van der Waals surface area contributed by atoms with Crippen LogP contribution in [0.5, 0.6) is 0 Å². The van der Waals surface area contributed by atoms with E-state index in [0.717, 1.165) is 19.5 Å². The monoisotopic (exact) mass is 308 g/mol. The molecule has 0 unspecified atom stereocenters. The van der Waals surface area contributed by atoms with Crippen LogP contribution < -0.4 is 0 Å². The fourth-order valence-corrected chi connectivity index (χ4v) is 4.26. The molecule has 3 heteroatoms. The fraction of sp³-hybridized carbons (Fsp3) is 0.263. The van der Waals surface area contributed by atoms with Gasteiger partial charge in [0.1, 0.15) is 0 Å². The highest BCUT2D eigenvalue weighted by Gasteiger charge is 2.20. The molecule has 1 aliphatic heterocycles. The Morgan fingerprint density at radius 2 is 1.77 bits per heavy atom. The minimum absolute atomic E-state index is 1.06. The molecule has 0 saturated carbocycles. The van der Waals surface area contributed by atoms with Crippen LogP contribution in [0.1, 0.15) is 11.3 Å². The van der Waals surface area contributed by atoms with Crippen molar-refractivity contribution in [1.82, 2.24) is 9.47 Å². The van der Waals surface area contributed by atoms with Gasteiger partial charge in [0.05, 0.1) is 0 Å². The average molecular weight is 308 g/mol. The molecule has 0 N–H and O–H groups in total. The molecule has 0 atom stereocenters. The van der Waals surface area contributed by atoms with Gasteiger partial charge in [0.15, 0.2) is 0 Å². The largest absolute Gasteiger partial charge is 0.347 e. The van der Waals surface area contributed by atoms with Crippen molar-refractivity contribution in [2.75, 3.05) is 13.6 Å². The van der Waals surface area contributed by atoms with E-state index in [9.17, 15) is 0 Å². The van der Waals surface area contributed by atoms with Crippen LogP contribution in [0.3, 0.4) is 0 Å². The van der Waals surface area contributed by atoms with Gasteiger partial charge in [0, 0.05) is 52.9 Å². The lowest BCUT2D eigenvalue weighted by atomic mass is 10.1. The number of rotatable bonds is 2. The molecule has 1 aliphatic rings. The number of aryl methyl sites for hydroxylation is 1. The second-order valence-electron chi connectivity index (χ2n) is 6.07. The van der Waals surface area contributed by atoms with E-state index in [2.05, 4.69) is 72.1 Å². The SMILES string of the molecule is CN1CCc2c(c3cc(Sc4ccccc4)ccc3n2C)C1. The molecule has 0 bridgehead atoms. The second kappa shape index (κ2) is 5.49. The Bertz CT molecular complexity index is 820. The molecule has 2 aromatic carbocycles. The molecule has 2 heterocycles. The number of nitrogens with zero attached hydrogens (tertiary/aromatic N) is 2. The Hall–Kier alpha value is -1.71. The zero-order chi connectivity index (χ0) is 15.1. The molecule has 0 spiro atoms. The third kappa shape index (κ3) is 2.34. The summed E-state index contributed by atoms with van der Waals surface area (Å²) in [5, 5.41) is 1.42. The van der Waals surface area contributed by atoms with Crippen molar-refractivity contribution in [3.05, 3.63) is 59.8 Å². The van der Waals surface area contributed by atoms with Crippen LogP contribution in [0.4, 0.5) is 0 Å². The first-order chi connectivity index (χ1) is 10.7. The van der Waals surface area contributed by atoms with E-state index in [1.807, 2.05) is 11.8 Å². The van der Waals surface area contributed by atoms with Crippen LogP contribution in [0.25, 0.3) is 10.9 Å². The lowest BCUT2D eigenvalue weighted by Gasteiger charge is -2.23. The lowest BCUT2D eigenvalue weighted by molar-refractivity contribution is 0.310. The van der Waals surface area contributed by atoms with Crippen LogP contribution in [0, 0.1) is 0 Å². The van der Waals surface area contributed by atoms with Crippen LogP contribution >= 0.6 is 11.8 Å². The van der Waals surface area contributed by atoms with Crippen molar-refractivity contribution < 1.29 is 0 Å². The van der Waals surface area contributed by atoms with E-state index in [0.29, 0.717) is 0 Å². The van der Waals surface area contributed by atoms with Gasteiger partial charge in [-0.05, 0) is 42.9 Å². The van der Waals surface area contributed by atoms with Gasteiger partial charge < -0.3 is 9.47 Å². The number of hydrogen-bond acceptors (Lipinski definition) is 2. The van der Waals surface area contributed by atoms with Crippen LogP contribution in [0.15, 0.2) is 58.3 Å². The Morgan fingerprint density at radius 1 is 0.955 bits per heavy atom. The standard InChI is InChI=1S/C19H20N2S/c1-20-11-10-19-17(13-20)16-12-15(8-9-18(16)21(19)2)22-14-6-4-3-5-7-14/h3-9,12H,10-11,13H2,1-2H3. The minimum Gasteiger partial charge on any atom is -0.347 e. The zero-order valence-electron chi connectivity index (χ0n) is 13.0. The molecule has 22 heavy (non-hydrogen) atoms. The molecule has 3 aromatic rings. The maximum absolute atomic E-state index is 2.42. The first-order valence-electron chi connectivity index (χ1n) is 7.74. The molecular weight excluding hydrogens is 288 g/mol. The summed E-state index contributed by atoms with van der Waals surface area (Å²) in [5.74, 6) is 0. The van der Waals surface area contributed by atoms with Gasteiger partial charge in [-0.3, -0.25) is 0 Å². The van der Waals surface area contributed by atoms with Crippen molar-refractivity contribution in [2.45, 2.75) is 22.8 Å². The topological polar surface area (TPSA) is 8.17 Å². The molecule has 0 saturated heterocycles. The van der Waals surface area contributed by atoms with Crippen LogP contribution in [0.2, 0.25) is 0 Å². The first kappa shape index (κ1) is 13.9. The van der Waals surface area contributed by atoms with E-state index in [4.69, 9.17) is 0 Å². The van der Waals surface area contributed by atoms with Crippen LogP contribution in [-0.4, -0.2) is 23.1 Å². The minimum atomic E-state index is 1.06. The number of hydrogen-bond donors (Lipinski definition) is 0. The zero-order valence-corrected chi connectivity index (χ0v) is 13.9. The van der Waals surface area contributed by atoms with Crippen molar-refractivity contribution in [1.29, 1.82) is 0 Å². The number of benzene rings is 2. The molecule has 0 aliphatic carbocycles. The summed E-state index contributed by atoms with van der Waals surface area (Å²) < 4.78 is 2.38. The Kier molecular flexibility index (Phi) is 3.47. The third-order valence-corrected chi connectivity index (χ3v) is 5.54. The Balaban J connectivity index is 1.79. The Morgan fingerprint density at radius 3 is 2.59 bits per heavy atom. The maximum atomic E-state index is 2.42. The van der Waals surface area contributed by atoms with Gasteiger partial charge in [-0.1, -0.05) is 30.0 Å². The Labute approximate surface area is 135 Å². The summed E-state index contributed by atoms with van der Waals surface area (Å²) in [7, 11) is 4.42. The summed E-state index contributed by atoms with van der Waals surface area (Å²) in [6.07, 6.45) is 1.15. The van der Waals surface area contributed by atoms with E-state index in [1.165, 1.54) is 32.0 Å². The summed E-state index contributed by atoms with van der Waals surface area (Å²) in [6.45, 7) is 2.22. The predicted molar refractivity (Wildman–Crippen MR) is 93.5 cm³/mol. The molecule has 0 amide bonds. The smallest absolute Gasteiger partial charge is 0.0484 e. The van der Waals surface area contributed by atoms with Gasteiger partial charge in [-0.2, -0.15) is 0 Å². The normalized spacial score (nSPS) is 15.2. The maximum Gasteiger partial charge on any atom is 0.0484 e. The quantitative estimate of drug-likeness (QED) is 0.697. The van der Waals surface area contributed by atoms with Gasteiger partial charge in [0.25, 0.3) is 0 Å². The summed E-state index contributed by atoms with van der Waals surface area (Å²) in [4.78, 5) is 5.03. The molecular formula is C19H20N2S. The van der Waals surface area contributed by atoms with Gasteiger partial charge in [-0.15, -0.1) is 0 Å². The van der Waals surface area contributed by atoms with Crippen molar-refractivity contribution in [2.24, 2.45) is 7.05 Å². The van der Waals surface area contributed by atoms with E-state index in [1.54, 1.807) is 0 Å². The summed E-state index contributed by atoms with van der Waals surface area (Å²) in [5.41, 5.74) is 4.38. The number of likely N-dealkylation sites (N-methyl/N-ethyl adjacent to an activating group) is 1. The molecule has 4 rings (SSSR count). The first-order valence-corrected chi connectivity index (χ1v) is 8.55. The van der Waals surface area contributed by atoms with Crippen molar-refractivity contribution in [3.63, 3.8) is 0 Å². The highest BCUT2D eigenvalue weighted by Crippen LogP contribution is 2.34. The molecule has 0 fully saturated rings. The highest BCUT2D eigenvalue weighted by molar-refractivity contribution is 7.99. The van der Waals surface area contributed by atoms with Gasteiger partial charge >= 0.3 is 0 Å². The van der Waals surface area contributed by atoms with E-state index < -0.39 is 0 Å². The molecule has 2 nitrogen and oxygen atoms in total. The molecule has 112 valence electrons. The average Bonchev–Trinajstić information content (AvgIpc) is 2.81. The summed E-state index contributed by atoms with van der Waals surface area (Å²) in [6, 6.07) is 17.5. The fourth-order valence-electron chi connectivity index (χ4n) is 3.38. The summed E-state index contributed by atoms with van der Waals surface area (Å²) >= 11 is 1.84. The number of aromatic nitrogens is 1. The molecule has 0 radical (unpaired) electrons. The van der Waals surface area contributed by atoms with E-state index >= 15 is 0 Å². The lowest BCUT2D eigenvalue weighted by Crippen LogP contribution is -2.26. The van der Waals surface area contributed by atoms with Gasteiger partial charge in [-0.25, -0.2) is 0 Å². The van der Waals surface area contributed by atoms with Crippen LogP contribution in [-0.2, 0) is 20.0 Å². The number of fused-ring (bicyclic) bond motifs is 3. The molecule has 1 aromatic heterocycles. The highest BCUT2D eigenvalue weighted by atomic mass is 32.2. The third-order valence-electron chi connectivity index (χ3n) is 4.54. The van der Waals surface area contributed by atoms with Crippen molar-refractivity contribution >= 4 is 22.7 Å². The van der Waals surface area contributed by atoms with E-state index in [-0.39, 0.29) is 0 Å². The van der Waals surface area contributed by atoms with Crippen molar-refractivity contribution in [3.8, 4) is 0 Å². The second-order valence-corrected chi connectivity index (χ2v) is 7.21.